The molecule has 6 heteroatoms. The van der Waals surface area contributed by atoms with E-state index in [1.807, 2.05) is 24.3 Å². The first-order valence-electron chi connectivity index (χ1n) is 7.50. The minimum absolute atomic E-state index is 0.0285. The molecular weight excluding hydrogens is 288 g/mol. The fraction of sp³-hybridized carbons (Fsp3) is 0.600. The van der Waals surface area contributed by atoms with E-state index in [0.717, 1.165) is 24.1 Å². The molecule has 2 N–H and O–H groups in total. The highest BCUT2D eigenvalue weighted by Crippen LogP contribution is 2.19. The third-order valence-corrected chi connectivity index (χ3v) is 5.20. The predicted molar refractivity (Wildman–Crippen MR) is 81.3 cm³/mol. The number of rotatable bonds is 7. The first kappa shape index (κ1) is 15.0. The van der Waals surface area contributed by atoms with E-state index in [1.165, 1.54) is 12.8 Å². The van der Waals surface area contributed by atoms with E-state index in [0.29, 0.717) is 19.3 Å². The average Bonchev–Trinajstić information content (AvgIpc) is 3.13. The average molecular weight is 310 g/mol. The molecule has 1 saturated heterocycles. The summed E-state index contributed by atoms with van der Waals surface area (Å²) in [6, 6.07) is 8.37. The van der Waals surface area contributed by atoms with Gasteiger partial charge in [0, 0.05) is 25.2 Å². The topological polar surface area (TPSA) is 67.4 Å². The highest BCUT2D eigenvalue weighted by atomic mass is 32.2. The second-order valence-electron chi connectivity index (χ2n) is 5.91. The Bertz CT molecular complexity index is 578. The summed E-state index contributed by atoms with van der Waals surface area (Å²) in [5.74, 6) is 0.0285. The lowest BCUT2D eigenvalue weighted by atomic mass is 10.1. The highest BCUT2D eigenvalue weighted by Gasteiger charge is 2.22. The first-order valence-corrected chi connectivity index (χ1v) is 9.15. The molecule has 1 aliphatic heterocycles. The Morgan fingerprint density at radius 2 is 1.95 bits per heavy atom. The lowest BCUT2D eigenvalue weighted by Crippen LogP contribution is -2.35. The standard InChI is InChI=1S/C15H22N2O3S/c18-21(19,17-15-6-7-20-10-15)11-13-3-1-2-12(8-13)9-16-14-4-5-14/h1-3,8,14-17H,4-7,9-11H2. The minimum atomic E-state index is -3.30. The van der Waals surface area contributed by atoms with Gasteiger partial charge < -0.3 is 10.1 Å². The van der Waals surface area contributed by atoms with Crippen molar-refractivity contribution in [3.63, 3.8) is 0 Å². The molecule has 0 radical (unpaired) electrons. The summed E-state index contributed by atoms with van der Waals surface area (Å²) in [6.45, 7) is 1.92. The molecule has 1 aliphatic carbocycles. The van der Waals surface area contributed by atoms with Gasteiger partial charge in [0.2, 0.25) is 10.0 Å². The van der Waals surface area contributed by atoms with Crippen LogP contribution in [0.1, 0.15) is 30.4 Å². The van der Waals surface area contributed by atoms with Crippen molar-refractivity contribution >= 4 is 10.0 Å². The normalized spacial score (nSPS) is 22.6. The van der Waals surface area contributed by atoms with Gasteiger partial charge in [-0.25, -0.2) is 13.1 Å². The summed E-state index contributed by atoms with van der Waals surface area (Å²) >= 11 is 0. The van der Waals surface area contributed by atoms with Crippen LogP contribution in [0, 0.1) is 0 Å². The molecule has 1 saturated carbocycles. The smallest absolute Gasteiger partial charge is 0.216 e. The van der Waals surface area contributed by atoms with Crippen molar-refractivity contribution in [2.24, 2.45) is 0 Å². The number of benzene rings is 1. The van der Waals surface area contributed by atoms with Crippen molar-refractivity contribution in [2.45, 2.75) is 43.6 Å². The Balaban J connectivity index is 1.58. The van der Waals surface area contributed by atoms with E-state index in [9.17, 15) is 8.42 Å². The predicted octanol–water partition coefficient (Wildman–Crippen LogP) is 1.15. The number of ether oxygens (including phenoxy) is 1. The molecule has 2 fully saturated rings. The van der Waals surface area contributed by atoms with E-state index in [2.05, 4.69) is 10.0 Å². The molecule has 3 rings (SSSR count). The summed E-state index contributed by atoms with van der Waals surface area (Å²) in [7, 11) is -3.30. The molecule has 0 spiro atoms. The molecule has 0 amide bonds. The maximum atomic E-state index is 12.2. The van der Waals surface area contributed by atoms with Crippen molar-refractivity contribution in [1.82, 2.24) is 10.0 Å². The van der Waals surface area contributed by atoms with Crippen LogP contribution >= 0.6 is 0 Å². The van der Waals surface area contributed by atoms with E-state index in [4.69, 9.17) is 4.74 Å². The fourth-order valence-corrected chi connectivity index (χ4v) is 3.92. The van der Waals surface area contributed by atoms with Gasteiger partial charge in [0.25, 0.3) is 0 Å². The van der Waals surface area contributed by atoms with Gasteiger partial charge in [-0.05, 0) is 30.4 Å². The molecule has 1 aromatic carbocycles. The summed E-state index contributed by atoms with van der Waals surface area (Å²) in [5.41, 5.74) is 1.97. The first-order chi connectivity index (χ1) is 10.1. The van der Waals surface area contributed by atoms with Gasteiger partial charge in [0.15, 0.2) is 0 Å². The van der Waals surface area contributed by atoms with Gasteiger partial charge in [-0.1, -0.05) is 24.3 Å². The van der Waals surface area contributed by atoms with E-state index in [-0.39, 0.29) is 11.8 Å². The van der Waals surface area contributed by atoms with Crippen LogP contribution in [0.2, 0.25) is 0 Å². The Morgan fingerprint density at radius 1 is 1.14 bits per heavy atom. The molecular formula is C15H22N2O3S. The molecule has 116 valence electrons. The zero-order chi connectivity index (χ0) is 14.7. The quantitative estimate of drug-likeness (QED) is 0.793. The third-order valence-electron chi connectivity index (χ3n) is 3.80. The number of sulfonamides is 1. The molecule has 1 aromatic rings. The molecule has 2 aliphatic rings. The van der Waals surface area contributed by atoms with Crippen molar-refractivity contribution in [3.05, 3.63) is 35.4 Å². The fourth-order valence-electron chi connectivity index (χ4n) is 2.52. The van der Waals surface area contributed by atoms with Crippen LogP contribution in [-0.2, 0) is 27.1 Å². The Labute approximate surface area is 126 Å². The van der Waals surface area contributed by atoms with Crippen molar-refractivity contribution < 1.29 is 13.2 Å². The zero-order valence-corrected chi connectivity index (χ0v) is 12.9. The highest BCUT2D eigenvalue weighted by molar-refractivity contribution is 7.88. The molecule has 0 aromatic heterocycles. The largest absolute Gasteiger partial charge is 0.380 e. The van der Waals surface area contributed by atoms with E-state index in [1.54, 1.807) is 0 Å². The van der Waals surface area contributed by atoms with E-state index < -0.39 is 10.0 Å². The van der Waals surface area contributed by atoms with Gasteiger partial charge in [0.1, 0.15) is 0 Å². The second-order valence-corrected chi connectivity index (χ2v) is 7.67. The van der Waals surface area contributed by atoms with Gasteiger partial charge in [-0.3, -0.25) is 0 Å². The number of hydrogen-bond donors (Lipinski definition) is 2. The maximum Gasteiger partial charge on any atom is 0.216 e. The van der Waals surface area contributed by atoms with Gasteiger partial charge in [-0.15, -0.1) is 0 Å². The van der Waals surface area contributed by atoms with Gasteiger partial charge in [-0.2, -0.15) is 0 Å². The maximum absolute atomic E-state index is 12.2. The molecule has 1 atom stereocenters. The molecule has 1 heterocycles. The lowest BCUT2D eigenvalue weighted by Gasteiger charge is -2.12. The Kier molecular flexibility index (Phi) is 4.59. The van der Waals surface area contributed by atoms with Crippen molar-refractivity contribution in [1.29, 1.82) is 0 Å². The van der Waals surface area contributed by atoms with Crippen LogP contribution in [0.25, 0.3) is 0 Å². The van der Waals surface area contributed by atoms with Crippen LogP contribution in [0.15, 0.2) is 24.3 Å². The van der Waals surface area contributed by atoms with Crippen molar-refractivity contribution in [3.8, 4) is 0 Å². The van der Waals surface area contributed by atoms with Crippen LogP contribution in [0.4, 0.5) is 0 Å². The third kappa shape index (κ3) is 4.78. The molecule has 21 heavy (non-hydrogen) atoms. The van der Waals surface area contributed by atoms with Crippen molar-refractivity contribution in [2.75, 3.05) is 13.2 Å². The van der Waals surface area contributed by atoms with Crippen LogP contribution in [-0.4, -0.2) is 33.7 Å². The second kappa shape index (κ2) is 6.44. The van der Waals surface area contributed by atoms with Crippen LogP contribution < -0.4 is 10.0 Å². The van der Waals surface area contributed by atoms with Crippen LogP contribution in [0.3, 0.4) is 0 Å². The SMILES string of the molecule is O=S(=O)(Cc1cccc(CNC2CC2)c1)NC1CCOC1. The number of hydrogen-bond acceptors (Lipinski definition) is 4. The minimum Gasteiger partial charge on any atom is -0.380 e. The van der Waals surface area contributed by atoms with Crippen LogP contribution in [0.5, 0.6) is 0 Å². The zero-order valence-electron chi connectivity index (χ0n) is 12.0. The molecule has 0 bridgehead atoms. The summed E-state index contributed by atoms with van der Waals surface area (Å²) in [4.78, 5) is 0. The van der Waals surface area contributed by atoms with Gasteiger partial charge >= 0.3 is 0 Å². The summed E-state index contributed by atoms with van der Waals surface area (Å²) in [5, 5.41) is 3.44. The number of nitrogens with one attached hydrogen (secondary N) is 2. The van der Waals surface area contributed by atoms with E-state index >= 15 is 0 Å². The Hall–Kier alpha value is -0.950. The lowest BCUT2D eigenvalue weighted by molar-refractivity contribution is 0.192. The molecule has 1 unspecified atom stereocenters. The van der Waals surface area contributed by atoms with Gasteiger partial charge in [0.05, 0.1) is 12.4 Å². The molecule has 5 nitrogen and oxygen atoms in total. The summed E-state index contributed by atoms with van der Waals surface area (Å²) in [6.07, 6.45) is 3.26. The monoisotopic (exact) mass is 310 g/mol. The summed E-state index contributed by atoms with van der Waals surface area (Å²) < 4.78 is 32.2. The Morgan fingerprint density at radius 3 is 2.67 bits per heavy atom.